The monoisotopic (exact) mass is 196 g/mol. The fourth-order valence-electron chi connectivity index (χ4n) is 1.17. The molecule has 3 nitrogen and oxygen atoms in total. The second-order valence-corrected chi connectivity index (χ2v) is 3.12. The van der Waals surface area contributed by atoms with Crippen LogP contribution in [0.3, 0.4) is 0 Å². The number of nitrogens with zero attached hydrogens (tertiary/aromatic N) is 1. The van der Waals surface area contributed by atoms with Crippen molar-refractivity contribution in [1.29, 1.82) is 0 Å². The Morgan fingerprint density at radius 3 is 2.21 bits per heavy atom. The van der Waals surface area contributed by atoms with E-state index in [-0.39, 0.29) is 5.91 Å². The average Bonchev–Trinajstić information content (AvgIpc) is 2.18. The van der Waals surface area contributed by atoms with E-state index in [4.69, 9.17) is 5.73 Å². The summed E-state index contributed by atoms with van der Waals surface area (Å²) in [6.45, 7) is 9.06. The molecule has 0 spiro atoms. The molecule has 0 aliphatic rings. The van der Waals surface area contributed by atoms with Crippen LogP contribution in [0.4, 0.5) is 0 Å². The third-order valence-corrected chi connectivity index (χ3v) is 1.90. The number of nitrogens with two attached hydrogens (primary N) is 1. The Kier molecular flexibility index (Phi) is 7.84. The summed E-state index contributed by atoms with van der Waals surface area (Å²) in [7, 11) is 0. The van der Waals surface area contributed by atoms with Crippen LogP contribution < -0.4 is 5.73 Å². The summed E-state index contributed by atoms with van der Waals surface area (Å²) in [4.78, 5) is 13.3. The maximum Gasteiger partial charge on any atom is 0.223 e. The highest BCUT2D eigenvalue weighted by Crippen LogP contribution is 2.00. The molecule has 3 heteroatoms. The summed E-state index contributed by atoms with van der Waals surface area (Å²) in [5, 5.41) is 0. The molecule has 0 aromatic heterocycles. The van der Waals surface area contributed by atoms with Gasteiger partial charge in [-0.05, 0) is 19.4 Å². The minimum absolute atomic E-state index is 0.151. The minimum Gasteiger partial charge on any atom is -0.335 e. The maximum absolute atomic E-state index is 11.6. The summed E-state index contributed by atoms with van der Waals surface area (Å²) in [6, 6.07) is 0. The molecule has 0 rings (SSSR count). The van der Waals surface area contributed by atoms with Gasteiger partial charge in [-0.25, -0.2) is 0 Å². The zero-order chi connectivity index (χ0) is 10.8. The molecule has 0 aromatic rings. The Balaban J connectivity index is 3.87. The first-order valence-electron chi connectivity index (χ1n) is 4.95. The van der Waals surface area contributed by atoms with Gasteiger partial charge in [-0.2, -0.15) is 0 Å². The molecule has 0 unspecified atom stereocenters. The molecule has 0 radical (unpaired) electrons. The molecule has 2 N–H and O–H groups in total. The van der Waals surface area contributed by atoms with Gasteiger partial charge >= 0.3 is 0 Å². The van der Waals surface area contributed by atoms with Gasteiger partial charge in [-0.15, -0.1) is 13.2 Å². The Morgan fingerprint density at radius 2 is 1.79 bits per heavy atom. The van der Waals surface area contributed by atoms with Crippen LogP contribution in [0, 0.1) is 0 Å². The average molecular weight is 196 g/mol. The molecular weight excluding hydrogens is 176 g/mol. The lowest BCUT2D eigenvalue weighted by Crippen LogP contribution is -2.31. The normalized spacial score (nSPS) is 9.50. The third kappa shape index (κ3) is 5.54. The van der Waals surface area contributed by atoms with Crippen LogP contribution in [0.5, 0.6) is 0 Å². The Morgan fingerprint density at radius 1 is 1.21 bits per heavy atom. The van der Waals surface area contributed by atoms with Crippen molar-refractivity contribution in [3.05, 3.63) is 25.3 Å². The van der Waals surface area contributed by atoms with E-state index in [9.17, 15) is 4.79 Å². The van der Waals surface area contributed by atoms with Crippen molar-refractivity contribution >= 4 is 5.91 Å². The predicted octanol–water partition coefficient (Wildman–Crippen LogP) is 1.32. The molecule has 80 valence electrons. The van der Waals surface area contributed by atoms with Crippen molar-refractivity contribution in [2.45, 2.75) is 19.3 Å². The number of carbonyl (C=O) groups is 1. The zero-order valence-corrected chi connectivity index (χ0v) is 8.74. The maximum atomic E-state index is 11.6. The number of unbranched alkanes of at least 4 members (excludes halogenated alkanes) is 1. The molecule has 0 atom stereocenters. The fourth-order valence-corrected chi connectivity index (χ4v) is 1.17. The quantitative estimate of drug-likeness (QED) is 0.470. The standard InChI is InChI=1S/C11H20N2O/c1-3-9-13(10-4-2)11(14)7-5-6-8-12/h3-4H,1-2,5-10,12H2. The van der Waals surface area contributed by atoms with Gasteiger partial charge < -0.3 is 10.6 Å². The van der Waals surface area contributed by atoms with E-state index in [0.717, 1.165) is 12.8 Å². The highest BCUT2D eigenvalue weighted by molar-refractivity contribution is 5.76. The van der Waals surface area contributed by atoms with Gasteiger partial charge in [0.1, 0.15) is 0 Å². The molecule has 1 amide bonds. The molecule has 0 saturated heterocycles. The van der Waals surface area contributed by atoms with Crippen LogP contribution >= 0.6 is 0 Å². The lowest BCUT2D eigenvalue weighted by Gasteiger charge is -2.18. The van der Waals surface area contributed by atoms with Crippen LogP contribution in [0.1, 0.15) is 19.3 Å². The van der Waals surface area contributed by atoms with E-state index >= 15 is 0 Å². The van der Waals surface area contributed by atoms with Gasteiger partial charge in [0.25, 0.3) is 0 Å². The van der Waals surface area contributed by atoms with E-state index in [1.165, 1.54) is 0 Å². The van der Waals surface area contributed by atoms with E-state index in [1.54, 1.807) is 17.1 Å². The largest absolute Gasteiger partial charge is 0.335 e. The first kappa shape index (κ1) is 12.9. The summed E-state index contributed by atoms with van der Waals surface area (Å²) in [6.07, 6.45) is 5.79. The van der Waals surface area contributed by atoms with Crippen molar-refractivity contribution in [3.8, 4) is 0 Å². The molecule has 0 heterocycles. The van der Waals surface area contributed by atoms with Crippen LogP contribution in [-0.2, 0) is 4.79 Å². The third-order valence-electron chi connectivity index (χ3n) is 1.90. The molecule has 14 heavy (non-hydrogen) atoms. The van der Waals surface area contributed by atoms with Crippen molar-refractivity contribution in [2.24, 2.45) is 5.73 Å². The zero-order valence-electron chi connectivity index (χ0n) is 8.74. The van der Waals surface area contributed by atoms with E-state index < -0.39 is 0 Å². The van der Waals surface area contributed by atoms with Gasteiger partial charge in [0.05, 0.1) is 0 Å². The van der Waals surface area contributed by atoms with Gasteiger partial charge in [-0.3, -0.25) is 4.79 Å². The fraction of sp³-hybridized carbons (Fsp3) is 0.545. The van der Waals surface area contributed by atoms with Crippen molar-refractivity contribution in [3.63, 3.8) is 0 Å². The number of rotatable bonds is 8. The number of amides is 1. The van der Waals surface area contributed by atoms with Crippen molar-refractivity contribution < 1.29 is 4.79 Å². The van der Waals surface area contributed by atoms with Crippen LogP contribution in [0.15, 0.2) is 25.3 Å². The minimum atomic E-state index is 0.151. The molecule has 0 aromatic carbocycles. The second-order valence-electron chi connectivity index (χ2n) is 3.12. The first-order chi connectivity index (χ1) is 6.76. The van der Waals surface area contributed by atoms with Crippen molar-refractivity contribution in [2.75, 3.05) is 19.6 Å². The highest BCUT2D eigenvalue weighted by Gasteiger charge is 2.08. The summed E-state index contributed by atoms with van der Waals surface area (Å²) >= 11 is 0. The van der Waals surface area contributed by atoms with Crippen LogP contribution in [0.25, 0.3) is 0 Å². The second kappa shape index (κ2) is 8.51. The van der Waals surface area contributed by atoms with Crippen molar-refractivity contribution in [1.82, 2.24) is 4.90 Å². The molecular formula is C11H20N2O. The topological polar surface area (TPSA) is 46.3 Å². The summed E-state index contributed by atoms with van der Waals surface area (Å²) < 4.78 is 0. The Hall–Kier alpha value is -1.09. The van der Waals surface area contributed by atoms with Gasteiger partial charge in [-0.1, -0.05) is 12.2 Å². The van der Waals surface area contributed by atoms with Gasteiger partial charge in [0.15, 0.2) is 0 Å². The number of hydrogen-bond donors (Lipinski definition) is 1. The summed E-state index contributed by atoms with van der Waals surface area (Å²) in [5.74, 6) is 0.151. The van der Waals surface area contributed by atoms with E-state index in [1.807, 2.05) is 0 Å². The number of carbonyl (C=O) groups excluding carboxylic acids is 1. The molecule has 0 bridgehead atoms. The summed E-state index contributed by atoms with van der Waals surface area (Å²) in [5.41, 5.74) is 5.35. The van der Waals surface area contributed by atoms with Gasteiger partial charge in [0, 0.05) is 19.5 Å². The number of hydrogen-bond acceptors (Lipinski definition) is 2. The molecule has 0 saturated carbocycles. The van der Waals surface area contributed by atoms with E-state index in [0.29, 0.717) is 26.1 Å². The Labute approximate surface area is 86.3 Å². The smallest absolute Gasteiger partial charge is 0.223 e. The highest BCUT2D eigenvalue weighted by atomic mass is 16.2. The van der Waals surface area contributed by atoms with Gasteiger partial charge in [0.2, 0.25) is 5.91 Å². The predicted molar refractivity (Wildman–Crippen MR) is 59.9 cm³/mol. The molecule has 0 aliphatic heterocycles. The van der Waals surface area contributed by atoms with Crippen LogP contribution in [-0.4, -0.2) is 30.4 Å². The lowest BCUT2D eigenvalue weighted by atomic mass is 10.2. The lowest BCUT2D eigenvalue weighted by molar-refractivity contribution is -0.130. The van der Waals surface area contributed by atoms with E-state index in [2.05, 4.69) is 13.2 Å². The molecule has 0 fully saturated rings. The molecule has 0 aliphatic carbocycles. The first-order valence-corrected chi connectivity index (χ1v) is 4.95. The Bertz CT molecular complexity index is 180. The SMILES string of the molecule is C=CCN(CC=C)C(=O)CCCCN. The van der Waals surface area contributed by atoms with Crippen LogP contribution in [0.2, 0.25) is 0 Å².